The van der Waals surface area contributed by atoms with Gasteiger partial charge in [0.2, 0.25) is 0 Å². The second-order valence-corrected chi connectivity index (χ2v) is 6.05. The first-order chi connectivity index (χ1) is 13.3. The average molecular weight is 407 g/mol. The van der Waals surface area contributed by atoms with Crippen molar-refractivity contribution in [2.45, 2.75) is 6.92 Å². The van der Waals surface area contributed by atoms with Crippen LogP contribution in [0.4, 0.5) is 0 Å². The van der Waals surface area contributed by atoms with Crippen molar-refractivity contribution in [3.63, 3.8) is 0 Å². The monoisotopic (exact) mass is 406 g/mol. The number of esters is 1. The lowest BCUT2D eigenvalue weighted by atomic mass is 10.1. The van der Waals surface area contributed by atoms with E-state index in [-0.39, 0.29) is 16.6 Å². The highest BCUT2D eigenvalue weighted by atomic mass is 35.5. The minimum absolute atomic E-state index is 0.124. The van der Waals surface area contributed by atoms with Gasteiger partial charge < -0.3 is 18.9 Å². The highest BCUT2D eigenvalue weighted by molar-refractivity contribution is 6.32. The molecular formula is C20H19ClO7. The highest BCUT2D eigenvalue weighted by Gasteiger charge is 2.14. The quantitative estimate of drug-likeness (QED) is 0.466. The normalized spacial score (nSPS) is 10.1. The van der Waals surface area contributed by atoms with Gasteiger partial charge in [0.1, 0.15) is 5.75 Å². The van der Waals surface area contributed by atoms with Crippen LogP contribution >= 0.6 is 11.6 Å². The number of Topliss-reactive ketones (excluding diaryl/α,β-unsaturated/α-hetero) is 2. The third kappa shape index (κ3) is 5.47. The Hall–Kier alpha value is -3.06. The SMILES string of the molecule is COc1ccc(C(=O)COC(=O)COc2ccc(C(C)=O)cc2OC)cc1Cl. The molecule has 0 aliphatic rings. The van der Waals surface area contributed by atoms with E-state index in [9.17, 15) is 14.4 Å². The number of carbonyl (C=O) groups is 3. The molecule has 0 bridgehead atoms. The molecule has 0 amide bonds. The van der Waals surface area contributed by atoms with Gasteiger partial charge in [-0.05, 0) is 43.3 Å². The molecule has 0 aliphatic heterocycles. The van der Waals surface area contributed by atoms with E-state index in [1.54, 1.807) is 12.1 Å². The maximum absolute atomic E-state index is 12.1. The maximum atomic E-state index is 12.1. The molecule has 0 saturated heterocycles. The molecule has 2 aromatic carbocycles. The van der Waals surface area contributed by atoms with E-state index in [0.29, 0.717) is 22.6 Å². The Morgan fingerprint density at radius 3 is 2.11 bits per heavy atom. The van der Waals surface area contributed by atoms with Crippen molar-refractivity contribution in [2.75, 3.05) is 27.4 Å². The summed E-state index contributed by atoms with van der Waals surface area (Å²) in [5, 5.41) is 0.282. The number of hydrogen-bond acceptors (Lipinski definition) is 7. The molecule has 7 nitrogen and oxygen atoms in total. The van der Waals surface area contributed by atoms with E-state index in [1.807, 2.05) is 0 Å². The Balaban J connectivity index is 1.90. The molecule has 0 aromatic heterocycles. The fraction of sp³-hybridized carbons (Fsp3) is 0.250. The zero-order chi connectivity index (χ0) is 20.7. The molecule has 0 spiro atoms. The molecule has 0 radical (unpaired) electrons. The molecule has 0 N–H and O–H groups in total. The van der Waals surface area contributed by atoms with Crippen molar-refractivity contribution < 1.29 is 33.3 Å². The second kappa shape index (κ2) is 9.75. The summed E-state index contributed by atoms with van der Waals surface area (Å²) in [4.78, 5) is 35.4. The second-order valence-electron chi connectivity index (χ2n) is 5.64. The van der Waals surface area contributed by atoms with E-state index < -0.39 is 25.0 Å². The van der Waals surface area contributed by atoms with E-state index in [0.717, 1.165) is 0 Å². The van der Waals surface area contributed by atoms with Gasteiger partial charge in [-0.1, -0.05) is 11.6 Å². The zero-order valence-electron chi connectivity index (χ0n) is 15.6. The fourth-order valence-corrected chi connectivity index (χ4v) is 2.51. The molecule has 0 saturated carbocycles. The van der Waals surface area contributed by atoms with E-state index >= 15 is 0 Å². The lowest BCUT2D eigenvalue weighted by Crippen LogP contribution is -2.19. The topological polar surface area (TPSA) is 88.1 Å². The summed E-state index contributed by atoms with van der Waals surface area (Å²) in [5.74, 6) is -0.246. The predicted molar refractivity (Wildman–Crippen MR) is 102 cm³/mol. The Morgan fingerprint density at radius 2 is 1.50 bits per heavy atom. The van der Waals surface area contributed by atoms with Gasteiger partial charge in [0.15, 0.2) is 36.3 Å². The number of methoxy groups -OCH3 is 2. The zero-order valence-corrected chi connectivity index (χ0v) is 16.4. The van der Waals surface area contributed by atoms with Crippen LogP contribution in [0.1, 0.15) is 27.6 Å². The van der Waals surface area contributed by atoms with Crippen LogP contribution in [0, 0.1) is 0 Å². The highest BCUT2D eigenvalue weighted by Crippen LogP contribution is 2.28. The van der Waals surface area contributed by atoms with Crippen LogP contribution in [-0.4, -0.2) is 45.0 Å². The molecule has 0 heterocycles. The first-order valence-electron chi connectivity index (χ1n) is 8.19. The van der Waals surface area contributed by atoms with Crippen molar-refractivity contribution in [3.8, 4) is 17.2 Å². The summed E-state index contributed by atoms with van der Waals surface area (Å²) in [5.41, 5.74) is 0.747. The predicted octanol–water partition coefficient (Wildman–Crippen LogP) is 3.36. The van der Waals surface area contributed by atoms with Crippen LogP contribution in [0.3, 0.4) is 0 Å². The van der Waals surface area contributed by atoms with E-state index in [2.05, 4.69) is 0 Å². The number of benzene rings is 2. The van der Waals surface area contributed by atoms with Gasteiger partial charge in [-0.3, -0.25) is 9.59 Å². The van der Waals surface area contributed by atoms with Crippen LogP contribution < -0.4 is 14.2 Å². The van der Waals surface area contributed by atoms with Crippen molar-refractivity contribution >= 4 is 29.1 Å². The van der Waals surface area contributed by atoms with E-state index in [1.165, 1.54) is 45.4 Å². The first-order valence-corrected chi connectivity index (χ1v) is 8.57. The molecule has 0 atom stereocenters. The van der Waals surface area contributed by atoms with Gasteiger partial charge in [-0.15, -0.1) is 0 Å². The maximum Gasteiger partial charge on any atom is 0.344 e. The number of rotatable bonds is 9. The molecule has 148 valence electrons. The Bertz CT molecular complexity index is 892. The molecule has 0 unspecified atom stereocenters. The number of halogens is 1. The van der Waals surface area contributed by atoms with E-state index in [4.69, 9.17) is 30.5 Å². The van der Waals surface area contributed by atoms with Gasteiger partial charge in [0.25, 0.3) is 0 Å². The average Bonchev–Trinajstić information content (AvgIpc) is 2.69. The number of carbonyl (C=O) groups excluding carboxylic acids is 3. The summed E-state index contributed by atoms with van der Waals surface area (Å²) < 4.78 is 20.4. The molecular weight excluding hydrogens is 388 g/mol. The van der Waals surface area contributed by atoms with Gasteiger partial charge in [-0.25, -0.2) is 4.79 Å². The van der Waals surface area contributed by atoms with Crippen molar-refractivity contribution in [1.82, 2.24) is 0 Å². The van der Waals surface area contributed by atoms with Crippen LogP contribution in [0.5, 0.6) is 17.2 Å². The fourth-order valence-electron chi connectivity index (χ4n) is 2.25. The molecule has 2 aromatic rings. The summed E-state index contributed by atoms with van der Waals surface area (Å²) in [6.07, 6.45) is 0. The van der Waals surface area contributed by atoms with Crippen molar-refractivity contribution in [2.24, 2.45) is 0 Å². The van der Waals surface area contributed by atoms with Gasteiger partial charge in [-0.2, -0.15) is 0 Å². The Labute approximate surface area is 167 Å². The molecule has 2 rings (SSSR count). The Kier molecular flexibility index (Phi) is 7.40. The molecule has 28 heavy (non-hydrogen) atoms. The number of ketones is 2. The smallest absolute Gasteiger partial charge is 0.344 e. The summed E-state index contributed by atoms with van der Waals surface area (Å²) in [7, 11) is 2.89. The molecule has 8 heteroatoms. The van der Waals surface area contributed by atoms with Crippen molar-refractivity contribution in [3.05, 3.63) is 52.5 Å². The van der Waals surface area contributed by atoms with Crippen LogP contribution in [0.25, 0.3) is 0 Å². The van der Waals surface area contributed by atoms with Crippen LogP contribution in [0.15, 0.2) is 36.4 Å². The lowest BCUT2D eigenvalue weighted by Gasteiger charge is -2.11. The summed E-state index contributed by atoms with van der Waals surface area (Å²) in [6, 6.07) is 9.11. The standard InChI is InChI=1S/C20H19ClO7/c1-12(22)13-4-7-18(19(9-13)26-3)27-11-20(24)28-10-16(23)14-5-6-17(25-2)15(21)8-14/h4-9H,10-11H2,1-3H3. The Morgan fingerprint density at radius 1 is 0.857 bits per heavy atom. The summed E-state index contributed by atoms with van der Waals surface area (Å²) in [6.45, 7) is 0.553. The van der Waals surface area contributed by atoms with Crippen LogP contribution in [-0.2, 0) is 9.53 Å². The van der Waals surface area contributed by atoms with Gasteiger partial charge >= 0.3 is 5.97 Å². The first kappa shape index (κ1) is 21.2. The minimum atomic E-state index is -0.731. The lowest BCUT2D eigenvalue weighted by molar-refractivity contribution is -0.144. The largest absolute Gasteiger partial charge is 0.495 e. The molecule has 0 aliphatic carbocycles. The third-order valence-corrected chi connectivity index (χ3v) is 4.05. The third-order valence-electron chi connectivity index (χ3n) is 3.75. The number of ether oxygens (including phenoxy) is 4. The van der Waals surface area contributed by atoms with Crippen LogP contribution in [0.2, 0.25) is 5.02 Å². The molecule has 0 fully saturated rings. The van der Waals surface area contributed by atoms with Gasteiger partial charge in [0, 0.05) is 11.1 Å². The van der Waals surface area contributed by atoms with Crippen molar-refractivity contribution in [1.29, 1.82) is 0 Å². The minimum Gasteiger partial charge on any atom is -0.495 e. The number of hydrogen-bond donors (Lipinski definition) is 0. The summed E-state index contributed by atoms with van der Waals surface area (Å²) >= 11 is 5.98. The van der Waals surface area contributed by atoms with Gasteiger partial charge in [0.05, 0.1) is 19.2 Å².